The number of carbonyl (C=O) groups excluding carboxylic acids is 1. The number of hydrogen-bond donors (Lipinski definition) is 2. The highest BCUT2D eigenvalue weighted by molar-refractivity contribution is 5.78. The van der Waals surface area contributed by atoms with Gasteiger partial charge in [-0.3, -0.25) is 4.79 Å². The van der Waals surface area contributed by atoms with Gasteiger partial charge in [-0.15, -0.1) is 0 Å². The summed E-state index contributed by atoms with van der Waals surface area (Å²) < 4.78 is 5.18. The van der Waals surface area contributed by atoms with Gasteiger partial charge in [0.2, 0.25) is 5.91 Å². The second-order valence-corrected chi connectivity index (χ2v) is 4.76. The van der Waals surface area contributed by atoms with E-state index in [9.17, 15) is 4.79 Å². The van der Waals surface area contributed by atoms with Gasteiger partial charge in [0.05, 0.1) is 19.7 Å². The number of hydrogen-bond acceptors (Lipinski definition) is 3. The largest absolute Gasteiger partial charge is 0.497 e. The lowest BCUT2D eigenvalue weighted by Gasteiger charge is -2.16. The maximum atomic E-state index is 11.8. The molecule has 0 aromatic heterocycles. The summed E-state index contributed by atoms with van der Waals surface area (Å²) in [6.07, 6.45) is 1.01. The highest BCUT2D eigenvalue weighted by Gasteiger charge is 2.10. The molecule has 0 saturated heterocycles. The van der Waals surface area contributed by atoms with Crippen LogP contribution in [-0.4, -0.2) is 25.6 Å². The van der Waals surface area contributed by atoms with Gasteiger partial charge in [-0.2, -0.15) is 0 Å². The van der Waals surface area contributed by atoms with Crippen LogP contribution in [0.4, 0.5) is 0 Å². The molecule has 2 N–H and O–H groups in total. The topological polar surface area (TPSA) is 50.4 Å². The molecule has 0 heterocycles. The Balaban J connectivity index is 2.49. The molecule has 0 aliphatic rings. The summed E-state index contributed by atoms with van der Waals surface area (Å²) in [5, 5.41) is 6.14. The van der Waals surface area contributed by atoms with Crippen molar-refractivity contribution in [2.45, 2.75) is 39.3 Å². The molecule has 106 valence electrons. The maximum Gasteiger partial charge on any atom is 0.234 e. The second kappa shape index (κ2) is 7.79. The summed E-state index contributed by atoms with van der Waals surface area (Å²) in [7, 11) is 1.64. The lowest BCUT2D eigenvalue weighted by Crippen LogP contribution is -2.38. The van der Waals surface area contributed by atoms with Crippen molar-refractivity contribution >= 4 is 5.91 Å². The van der Waals surface area contributed by atoms with Crippen LogP contribution in [0.15, 0.2) is 24.3 Å². The Morgan fingerprint density at radius 2 is 2.11 bits per heavy atom. The van der Waals surface area contributed by atoms with E-state index in [2.05, 4.69) is 24.5 Å². The first-order valence-electron chi connectivity index (χ1n) is 6.73. The molecule has 2 atom stereocenters. The third kappa shape index (κ3) is 5.30. The van der Waals surface area contributed by atoms with E-state index in [4.69, 9.17) is 4.74 Å². The number of ether oxygens (including phenoxy) is 1. The smallest absolute Gasteiger partial charge is 0.234 e. The van der Waals surface area contributed by atoms with Crippen LogP contribution >= 0.6 is 0 Å². The third-order valence-electron chi connectivity index (χ3n) is 3.19. The summed E-state index contributed by atoms with van der Waals surface area (Å²) in [5.41, 5.74) is 1.04. The van der Waals surface area contributed by atoms with Crippen molar-refractivity contribution in [3.8, 4) is 5.75 Å². The maximum absolute atomic E-state index is 11.8. The van der Waals surface area contributed by atoms with E-state index >= 15 is 0 Å². The van der Waals surface area contributed by atoms with Crippen LogP contribution < -0.4 is 15.4 Å². The van der Waals surface area contributed by atoms with E-state index in [-0.39, 0.29) is 11.9 Å². The molecule has 19 heavy (non-hydrogen) atoms. The summed E-state index contributed by atoms with van der Waals surface area (Å²) in [4.78, 5) is 11.8. The van der Waals surface area contributed by atoms with Crippen molar-refractivity contribution in [3.05, 3.63) is 29.8 Å². The minimum atomic E-state index is -0.0265. The molecule has 1 rings (SSSR count). The average Bonchev–Trinajstić information content (AvgIpc) is 2.44. The molecule has 4 nitrogen and oxygen atoms in total. The zero-order valence-corrected chi connectivity index (χ0v) is 12.2. The van der Waals surface area contributed by atoms with Gasteiger partial charge in [0.1, 0.15) is 5.75 Å². The SMILES string of the molecule is CCC(C)NCC(=O)NC(C)c1cccc(OC)c1. The van der Waals surface area contributed by atoms with E-state index in [1.807, 2.05) is 31.2 Å². The van der Waals surface area contributed by atoms with Crippen molar-refractivity contribution in [2.24, 2.45) is 0 Å². The molecular formula is C15H24N2O2. The predicted molar refractivity (Wildman–Crippen MR) is 77.3 cm³/mol. The van der Waals surface area contributed by atoms with Crippen molar-refractivity contribution in [3.63, 3.8) is 0 Å². The summed E-state index contributed by atoms with van der Waals surface area (Å²) in [5.74, 6) is 0.812. The number of rotatable bonds is 7. The Hall–Kier alpha value is -1.55. The second-order valence-electron chi connectivity index (χ2n) is 4.76. The number of amides is 1. The number of carbonyl (C=O) groups is 1. The van der Waals surface area contributed by atoms with Crippen LogP contribution in [0.1, 0.15) is 38.8 Å². The minimum Gasteiger partial charge on any atom is -0.497 e. The van der Waals surface area contributed by atoms with Gasteiger partial charge >= 0.3 is 0 Å². The van der Waals surface area contributed by atoms with Gasteiger partial charge in [-0.1, -0.05) is 19.1 Å². The molecule has 0 radical (unpaired) electrons. The van der Waals surface area contributed by atoms with Crippen LogP contribution in [0.5, 0.6) is 5.75 Å². The molecule has 1 aromatic carbocycles. The normalized spacial score (nSPS) is 13.7. The third-order valence-corrected chi connectivity index (χ3v) is 3.19. The molecule has 0 spiro atoms. The first kappa shape index (κ1) is 15.5. The number of nitrogens with one attached hydrogen (secondary N) is 2. The Morgan fingerprint density at radius 3 is 2.74 bits per heavy atom. The van der Waals surface area contributed by atoms with Crippen molar-refractivity contribution < 1.29 is 9.53 Å². The number of methoxy groups -OCH3 is 1. The van der Waals surface area contributed by atoms with Gasteiger partial charge in [0.15, 0.2) is 0 Å². The van der Waals surface area contributed by atoms with Crippen LogP contribution in [0.3, 0.4) is 0 Å². The molecule has 0 fully saturated rings. The van der Waals surface area contributed by atoms with E-state index in [1.165, 1.54) is 0 Å². The Labute approximate surface area is 115 Å². The van der Waals surface area contributed by atoms with Gasteiger partial charge in [0.25, 0.3) is 0 Å². The molecule has 0 aliphatic heterocycles. The molecule has 4 heteroatoms. The minimum absolute atomic E-state index is 0.00983. The molecule has 0 aliphatic carbocycles. The number of benzene rings is 1. The van der Waals surface area contributed by atoms with Crippen LogP contribution in [0, 0.1) is 0 Å². The Kier molecular flexibility index (Phi) is 6.36. The predicted octanol–water partition coefficient (Wildman–Crippen LogP) is 2.26. The fraction of sp³-hybridized carbons (Fsp3) is 0.533. The quantitative estimate of drug-likeness (QED) is 0.794. The summed E-state index contributed by atoms with van der Waals surface area (Å²) in [6.45, 7) is 6.48. The summed E-state index contributed by atoms with van der Waals surface area (Å²) >= 11 is 0. The van der Waals surface area contributed by atoms with E-state index < -0.39 is 0 Å². The fourth-order valence-corrected chi connectivity index (χ4v) is 1.70. The molecular weight excluding hydrogens is 240 g/mol. The van der Waals surface area contributed by atoms with Gasteiger partial charge < -0.3 is 15.4 Å². The highest BCUT2D eigenvalue weighted by Crippen LogP contribution is 2.18. The monoisotopic (exact) mass is 264 g/mol. The molecule has 0 saturated carbocycles. The van der Waals surface area contributed by atoms with E-state index in [1.54, 1.807) is 7.11 Å². The van der Waals surface area contributed by atoms with Crippen molar-refractivity contribution in [2.75, 3.05) is 13.7 Å². The zero-order chi connectivity index (χ0) is 14.3. The lowest BCUT2D eigenvalue weighted by molar-refractivity contribution is -0.121. The van der Waals surface area contributed by atoms with E-state index in [0.717, 1.165) is 17.7 Å². The van der Waals surface area contributed by atoms with Crippen LogP contribution in [-0.2, 0) is 4.79 Å². The van der Waals surface area contributed by atoms with Crippen LogP contribution in [0.25, 0.3) is 0 Å². The first-order chi connectivity index (χ1) is 9.06. The van der Waals surface area contributed by atoms with Gasteiger partial charge in [-0.25, -0.2) is 0 Å². The molecule has 0 bridgehead atoms. The van der Waals surface area contributed by atoms with Crippen LogP contribution in [0.2, 0.25) is 0 Å². The van der Waals surface area contributed by atoms with Crippen molar-refractivity contribution in [1.29, 1.82) is 0 Å². The Bertz CT molecular complexity index is 407. The van der Waals surface area contributed by atoms with Crippen molar-refractivity contribution in [1.82, 2.24) is 10.6 Å². The standard InChI is InChI=1S/C15H24N2O2/c1-5-11(2)16-10-15(18)17-12(3)13-7-6-8-14(9-13)19-4/h6-9,11-12,16H,5,10H2,1-4H3,(H,17,18). The average molecular weight is 264 g/mol. The summed E-state index contributed by atoms with van der Waals surface area (Å²) in [6, 6.07) is 8.07. The van der Waals surface area contributed by atoms with E-state index in [0.29, 0.717) is 12.6 Å². The highest BCUT2D eigenvalue weighted by atomic mass is 16.5. The molecule has 1 aromatic rings. The van der Waals surface area contributed by atoms with Gasteiger partial charge in [0, 0.05) is 6.04 Å². The Morgan fingerprint density at radius 1 is 1.37 bits per heavy atom. The first-order valence-corrected chi connectivity index (χ1v) is 6.73. The zero-order valence-electron chi connectivity index (χ0n) is 12.2. The fourth-order valence-electron chi connectivity index (χ4n) is 1.70. The van der Waals surface area contributed by atoms with Gasteiger partial charge in [-0.05, 0) is 38.0 Å². The lowest BCUT2D eigenvalue weighted by atomic mass is 10.1. The molecule has 2 unspecified atom stereocenters. The molecule has 1 amide bonds.